The Morgan fingerprint density at radius 2 is 2.38 bits per heavy atom. The lowest BCUT2D eigenvalue weighted by Gasteiger charge is -2.30. The third-order valence-electron chi connectivity index (χ3n) is 3.34. The Hall–Kier alpha value is -1.17. The van der Waals surface area contributed by atoms with E-state index in [0.29, 0.717) is 0 Å². The van der Waals surface area contributed by atoms with Crippen molar-refractivity contribution in [1.82, 2.24) is 0 Å². The highest BCUT2D eigenvalue weighted by Gasteiger charge is 2.39. The second kappa shape index (κ2) is 3.41. The van der Waals surface area contributed by atoms with Gasteiger partial charge in [0.05, 0.1) is 11.8 Å². The van der Waals surface area contributed by atoms with E-state index >= 15 is 0 Å². The molecule has 0 aliphatic carbocycles. The van der Waals surface area contributed by atoms with E-state index in [1.165, 1.54) is 5.56 Å². The van der Waals surface area contributed by atoms with E-state index in [4.69, 9.17) is 22.9 Å². The van der Waals surface area contributed by atoms with Gasteiger partial charge in [0.2, 0.25) is 0 Å². The van der Waals surface area contributed by atoms with Gasteiger partial charge in [0.25, 0.3) is 0 Å². The van der Waals surface area contributed by atoms with E-state index in [2.05, 4.69) is 12.0 Å². The SMILES string of the molecule is C#C[C@@H]1CC2Cc3ccc(Cl)c(C)c3N1O2. The first-order chi connectivity index (χ1) is 7.70. The largest absolute Gasteiger partial charge is 0.268 e. The van der Waals surface area contributed by atoms with Gasteiger partial charge in [-0.15, -0.1) is 6.42 Å². The average Bonchev–Trinajstić information content (AvgIpc) is 2.61. The number of nitrogens with zero attached hydrogens (tertiary/aromatic N) is 1. The molecule has 1 aromatic rings. The summed E-state index contributed by atoms with van der Waals surface area (Å²) in [6.07, 6.45) is 7.60. The Labute approximate surface area is 100 Å². The maximum absolute atomic E-state index is 6.14. The lowest BCUT2D eigenvalue weighted by molar-refractivity contribution is 0.0753. The molecule has 0 amide bonds. The van der Waals surface area contributed by atoms with Gasteiger partial charge in [-0.25, -0.2) is 5.06 Å². The van der Waals surface area contributed by atoms with E-state index in [9.17, 15) is 0 Å². The molecular weight excluding hydrogens is 222 g/mol. The number of hydrogen-bond donors (Lipinski definition) is 0. The monoisotopic (exact) mass is 233 g/mol. The van der Waals surface area contributed by atoms with Crippen molar-refractivity contribution in [2.24, 2.45) is 0 Å². The van der Waals surface area contributed by atoms with Gasteiger partial charge in [0, 0.05) is 17.9 Å². The molecule has 0 spiro atoms. The number of rotatable bonds is 0. The lowest BCUT2D eigenvalue weighted by Crippen LogP contribution is -2.31. The van der Waals surface area contributed by atoms with E-state index < -0.39 is 0 Å². The van der Waals surface area contributed by atoms with Gasteiger partial charge in [-0.3, -0.25) is 4.84 Å². The van der Waals surface area contributed by atoms with Gasteiger partial charge >= 0.3 is 0 Å². The van der Waals surface area contributed by atoms with Crippen LogP contribution in [0.4, 0.5) is 5.69 Å². The molecular formula is C13H12ClNO. The summed E-state index contributed by atoms with van der Waals surface area (Å²) in [6.45, 7) is 2.01. The van der Waals surface area contributed by atoms with E-state index in [1.807, 2.05) is 18.1 Å². The van der Waals surface area contributed by atoms with Crippen molar-refractivity contribution in [2.75, 3.05) is 5.06 Å². The fourth-order valence-corrected chi connectivity index (χ4v) is 2.69. The van der Waals surface area contributed by atoms with Crippen LogP contribution in [0, 0.1) is 19.3 Å². The quantitative estimate of drug-likeness (QED) is 0.639. The first-order valence-corrected chi connectivity index (χ1v) is 5.78. The third-order valence-corrected chi connectivity index (χ3v) is 3.75. The molecule has 82 valence electrons. The molecule has 2 bridgehead atoms. The summed E-state index contributed by atoms with van der Waals surface area (Å²) < 4.78 is 0. The highest BCUT2D eigenvalue weighted by molar-refractivity contribution is 6.31. The van der Waals surface area contributed by atoms with Crippen LogP contribution in [0.15, 0.2) is 12.1 Å². The zero-order chi connectivity index (χ0) is 11.3. The second-order valence-corrected chi connectivity index (χ2v) is 4.76. The molecule has 16 heavy (non-hydrogen) atoms. The van der Waals surface area contributed by atoms with Crippen molar-refractivity contribution in [3.05, 3.63) is 28.3 Å². The molecule has 2 nitrogen and oxygen atoms in total. The van der Waals surface area contributed by atoms with Crippen LogP contribution in [0.3, 0.4) is 0 Å². The van der Waals surface area contributed by atoms with Gasteiger partial charge < -0.3 is 0 Å². The van der Waals surface area contributed by atoms with Gasteiger partial charge in [-0.05, 0) is 24.1 Å². The summed E-state index contributed by atoms with van der Waals surface area (Å²) >= 11 is 6.14. The fourth-order valence-electron chi connectivity index (χ4n) is 2.54. The van der Waals surface area contributed by atoms with Gasteiger partial charge in [0.1, 0.15) is 6.04 Å². The Balaban J connectivity index is 2.17. The zero-order valence-corrected chi connectivity index (χ0v) is 9.79. The average molecular weight is 234 g/mol. The molecule has 0 saturated carbocycles. The van der Waals surface area contributed by atoms with Crippen LogP contribution >= 0.6 is 11.6 Å². The van der Waals surface area contributed by atoms with Crippen LogP contribution in [0.25, 0.3) is 0 Å². The van der Waals surface area contributed by atoms with E-state index in [-0.39, 0.29) is 12.1 Å². The zero-order valence-electron chi connectivity index (χ0n) is 9.03. The smallest absolute Gasteiger partial charge is 0.119 e. The molecule has 0 N–H and O–H groups in total. The maximum atomic E-state index is 6.14. The Bertz CT molecular complexity index is 491. The summed E-state index contributed by atoms with van der Waals surface area (Å²) in [6, 6.07) is 4.07. The van der Waals surface area contributed by atoms with Gasteiger partial charge in [0.15, 0.2) is 0 Å². The highest BCUT2D eigenvalue weighted by atomic mass is 35.5. The molecule has 3 rings (SSSR count). The first kappa shape index (κ1) is 10.0. The Kier molecular flexibility index (Phi) is 2.14. The summed E-state index contributed by atoms with van der Waals surface area (Å²) in [5, 5.41) is 2.63. The van der Waals surface area contributed by atoms with Crippen molar-refractivity contribution < 1.29 is 4.84 Å². The first-order valence-electron chi connectivity index (χ1n) is 5.41. The molecule has 2 atom stereocenters. The minimum atomic E-state index is 0.0448. The molecule has 1 unspecified atom stereocenters. The number of hydroxylamine groups is 1. The van der Waals surface area contributed by atoms with Crippen molar-refractivity contribution in [1.29, 1.82) is 0 Å². The normalized spacial score (nSPS) is 26.4. The number of terminal acetylenes is 1. The topological polar surface area (TPSA) is 12.5 Å². The molecule has 2 aliphatic heterocycles. The van der Waals surface area contributed by atoms with E-state index in [1.54, 1.807) is 0 Å². The minimum absolute atomic E-state index is 0.0448. The molecule has 2 aliphatic rings. The molecule has 1 fully saturated rings. The van der Waals surface area contributed by atoms with Crippen molar-refractivity contribution in [3.63, 3.8) is 0 Å². The summed E-state index contributed by atoms with van der Waals surface area (Å²) in [4.78, 5) is 5.80. The standard InChI is InChI=1S/C13H12ClNO/c1-3-10-7-11-6-9-4-5-12(14)8(2)13(9)15(10)16-11/h1,4-5,10-11H,6-7H2,2H3/t10-,11?/m1/s1. The Morgan fingerprint density at radius 1 is 1.56 bits per heavy atom. The van der Waals surface area contributed by atoms with Crippen LogP contribution in [-0.4, -0.2) is 12.1 Å². The van der Waals surface area contributed by atoms with Crippen molar-refractivity contribution >= 4 is 17.3 Å². The summed E-state index contributed by atoms with van der Waals surface area (Å²) in [5.41, 5.74) is 3.42. The molecule has 0 aromatic heterocycles. The maximum Gasteiger partial charge on any atom is 0.119 e. The number of benzene rings is 1. The van der Waals surface area contributed by atoms with Crippen LogP contribution < -0.4 is 5.06 Å². The molecule has 1 aromatic carbocycles. The molecule has 2 heterocycles. The highest BCUT2D eigenvalue weighted by Crippen LogP contribution is 2.41. The second-order valence-electron chi connectivity index (χ2n) is 4.36. The Morgan fingerprint density at radius 3 is 3.12 bits per heavy atom. The lowest BCUT2D eigenvalue weighted by atomic mass is 10.0. The third kappa shape index (κ3) is 1.25. The molecule has 1 saturated heterocycles. The van der Waals surface area contributed by atoms with Crippen LogP contribution in [0.2, 0.25) is 5.02 Å². The minimum Gasteiger partial charge on any atom is -0.268 e. The number of fused-ring (bicyclic) bond motifs is 4. The summed E-state index contributed by atoms with van der Waals surface area (Å²) in [5.74, 6) is 2.78. The number of hydrogen-bond acceptors (Lipinski definition) is 2. The predicted octanol–water partition coefficient (Wildman–Crippen LogP) is 2.72. The number of halogens is 1. The fraction of sp³-hybridized carbons (Fsp3) is 0.385. The summed E-state index contributed by atoms with van der Waals surface area (Å²) in [7, 11) is 0. The predicted molar refractivity (Wildman–Crippen MR) is 64.5 cm³/mol. The van der Waals surface area contributed by atoms with Crippen LogP contribution in [0.5, 0.6) is 0 Å². The van der Waals surface area contributed by atoms with Crippen molar-refractivity contribution in [2.45, 2.75) is 31.9 Å². The number of anilines is 1. The van der Waals surface area contributed by atoms with Crippen LogP contribution in [-0.2, 0) is 11.3 Å². The molecule has 0 radical (unpaired) electrons. The van der Waals surface area contributed by atoms with Crippen LogP contribution in [0.1, 0.15) is 17.5 Å². The van der Waals surface area contributed by atoms with Gasteiger partial charge in [-0.1, -0.05) is 23.6 Å². The van der Waals surface area contributed by atoms with E-state index in [0.717, 1.165) is 29.1 Å². The van der Waals surface area contributed by atoms with Crippen molar-refractivity contribution in [3.8, 4) is 12.3 Å². The van der Waals surface area contributed by atoms with Gasteiger partial charge in [-0.2, -0.15) is 0 Å². The molecule has 3 heteroatoms.